The van der Waals surface area contributed by atoms with Gasteiger partial charge in [0, 0.05) is 42.4 Å². The molecule has 1 aliphatic carbocycles. The molecular weight excluding hydrogens is 427 g/mol. The first kappa shape index (κ1) is 22.2. The number of aliphatic carboxylic acids is 1. The predicted molar refractivity (Wildman–Crippen MR) is 107 cm³/mol. The predicted octanol–water partition coefficient (Wildman–Crippen LogP) is 4.88. The number of hydrogen-bond donors (Lipinski definition) is 2. The van der Waals surface area contributed by atoms with Crippen molar-refractivity contribution in [2.45, 2.75) is 45.1 Å². The van der Waals surface area contributed by atoms with E-state index in [2.05, 4.69) is 14.7 Å². The average molecular weight is 450 g/mol. The van der Waals surface area contributed by atoms with Crippen molar-refractivity contribution in [3.63, 3.8) is 0 Å². The zero-order chi connectivity index (χ0) is 19.2. The van der Waals surface area contributed by atoms with Crippen LogP contribution in [-0.2, 0) is 21.9 Å². The fraction of sp³-hybridized carbons (Fsp3) is 0.350. The van der Waals surface area contributed by atoms with E-state index in [-0.39, 0.29) is 17.1 Å². The molecule has 0 saturated heterocycles. The number of imidazole rings is 1. The molecule has 0 unspecified atom stereocenters. The molecule has 28 heavy (non-hydrogen) atoms. The Morgan fingerprint density at radius 3 is 2.57 bits per heavy atom. The van der Waals surface area contributed by atoms with E-state index in [0.29, 0.717) is 11.1 Å². The monoisotopic (exact) mass is 449 g/mol. The van der Waals surface area contributed by atoms with Crippen molar-refractivity contribution < 1.29 is 27.0 Å². The van der Waals surface area contributed by atoms with Crippen molar-refractivity contribution in [1.29, 1.82) is 0 Å². The van der Waals surface area contributed by atoms with E-state index in [1.54, 1.807) is 6.20 Å². The van der Waals surface area contributed by atoms with Gasteiger partial charge >= 0.3 is 0 Å². The van der Waals surface area contributed by atoms with Gasteiger partial charge in [0.1, 0.15) is 17.2 Å². The molecular formula is C20H23ClCuN4O2. The first-order valence-electron chi connectivity index (χ1n) is 9.09. The van der Waals surface area contributed by atoms with Crippen molar-refractivity contribution in [2.24, 2.45) is 0 Å². The third-order valence-electron chi connectivity index (χ3n) is 4.45. The van der Waals surface area contributed by atoms with Crippen LogP contribution in [-0.4, -0.2) is 31.5 Å². The van der Waals surface area contributed by atoms with Crippen molar-refractivity contribution in [3.8, 4) is 11.4 Å². The van der Waals surface area contributed by atoms with E-state index in [1.165, 1.54) is 32.1 Å². The number of halogens is 1. The van der Waals surface area contributed by atoms with Gasteiger partial charge in [0.15, 0.2) is 0 Å². The van der Waals surface area contributed by atoms with Gasteiger partial charge in [-0.05, 0) is 37.1 Å². The normalized spacial score (nSPS) is 13.9. The summed E-state index contributed by atoms with van der Waals surface area (Å²) in [6, 6.07) is 10.3. The van der Waals surface area contributed by atoms with Crippen LogP contribution < -0.4 is 5.32 Å². The zero-order valence-corrected chi connectivity index (χ0v) is 17.2. The molecule has 6 nitrogen and oxygen atoms in total. The summed E-state index contributed by atoms with van der Waals surface area (Å²) < 4.78 is 2.11. The van der Waals surface area contributed by atoms with Gasteiger partial charge in [-0.3, -0.25) is 14.2 Å². The first-order chi connectivity index (χ1) is 13.0. The third-order valence-corrected chi connectivity index (χ3v) is 4.67. The maximum absolute atomic E-state index is 9.00. The second-order valence-corrected chi connectivity index (χ2v) is 7.03. The summed E-state index contributed by atoms with van der Waals surface area (Å²) in [6.45, 7) is 1.08. The molecule has 3 heterocycles. The molecule has 0 amide bonds. The first-order valence-corrected chi connectivity index (χ1v) is 9.47. The summed E-state index contributed by atoms with van der Waals surface area (Å²) in [5, 5.41) is 11.8. The summed E-state index contributed by atoms with van der Waals surface area (Å²) in [4.78, 5) is 18.2. The number of rotatable bonds is 3. The minimum absolute atomic E-state index is 0. The minimum atomic E-state index is -0.833. The molecule has 2 N–H and O–H groups in total. The number of carbonyl (C=O) groups is 1. The van der Waals surface area contributed by atoms with Crippen LogP contribution in [0, 0.1) is 0 Å². The smallest absolute Gasteiger partial charge is 0.300 e. The molecule has 1 aliphatic rings. The van der Waals surface area contributed by atoms with Gasteiger partial charge in [-0.1, -0.05) is 36.9 Å². The van der Waals surface area contributed by atoms with Crippen LogP contribution in [0.4, 0.5) is 5.82 Å². The molecule has 1 fully saturated rings. The molecule has 0 spiro atoms. The van der Waals surface area contributed by atoms with E-state index < -0.39 is 5.97 Å². The number of carboxylic acid groups (broad SMARTS) is 1. The largest absolute Gasteiger partial charge is 0.481 e. The maximum atomic E-state index is 9.00. The van der Waals surface area contributed by atoms with Crippen LogP contribution in [0.2, 0.25) is 5.02 Å². The van der Waals surface area contributed by atoms with E-state index in [4.69, 9.17) is 26.5 Å². The fourth-order valence-electron chi connectivity index (χ4n) is 3.27. The molecule has 1 radical (unpaired) electrons. The second kappa shape index (κ2) is 10.5. The van der Waals surface area contributed by atoms with Gasteiger partial charge in [-0.15, -0.1) is 0 Å². The third kappa shape index (κ3) is 5.71. The van der Waals surface area contributed by atoms with Crippen molar-refractivity contribution in [1.82, 2.24) is 14.4 Å². The van der Waals surface area contributed by atoms with Crippen LogP contribution in [0.3, 0.4) is 0 Å². The molecule has 3 aromatic heterocycles. The molecule has 4 rings (SSSR count). The molecule has 0 bridgehead atoms. The van der Waals surface area contributed by atoms with Crippen LogP contribution in [0.15, 0.2) is 42.7 Å². The van der Waals surface area contributed by atoms with Gasteiger partial charge in [0.25, 0.3) is 5.97 Å². The molecule has 8 heteroatoms. The number of carboxylic acids is 1. The Morgan fingerprint density at radius 2 is 1.93 bits per heavy atom. The van der Waals surface area contributed by atoms with Crippen LogP contribution in [0.1, 0.15) is 39.0 Å². The van der Waals surface area contributed by atoms with E-state index in [9.17, 15) is 0 Å². The molecule has 153 valence electrons. The number of nitrogens with one attached hydrogen (secondary N) is 1. The van der Waals surface area contributed by atoms with Gasteiger partial charge in [0.05, 0.1) is 10.7 Å². The molecule has 0 aromatic carbocycles. The Morgan fingerprint density at radius 1 is 1.21 bits per heavy atom. The zero-order valence-electron chi connectivity index (χ0n) is 15.5. The van der Waals surface area contributed by atoms with E-state index in [0.717, 1.165) is 29.8 Å². The SMILES string of the molecule is CC(=O)O.Clc1ccc(-c2nc3ccccn3c2NC2CCCCC2)nc1.[Cu]. The van der Waals surface area contributed by atoms with Crippen LogP contribution in [0.5, 0.6) is 0 Å². The van der Waals surface area contributed by atoms with Gasteiger partial charge in [0.2, 0.25) is 0 Å². The number of hydrogen-bond acceptors (Lipinski definition) is 4. The maximum Gasteiger partial charge on any atom is 0.300 e. The summed E-state index contributed by atoms with van der Waals surface area (Å²) >= 11 is 5.97. The minimum Gasteiger partial charge on any atom is -0.481 e. The summed E-state index contributed by atoms with van der Waals surface area (Å²) in [5.74, 6) is 0.197. The fourth-order valence-corrected chi connectivity index (χ4v) is 3.38. The van der Waals surface area contributed by atoms with Gasteiger partial charge in [-0.2, -0.15) is 0 Å². The molecule has 0 aliphatic heterocycles. The number of aromatic nitrogens is 3. The van der Waals surface area contributed by atoms with Crippen molar-refractivity contribution >= 4 is 29.0 Å². The summed E-state index contributed by atoms with van der Waals surface area (Å²) in [7, 11) is 0. The number of nitrogens with zero attached hydrogens (tertiary/aromatic N) is 3. The second-order valence-electron chi connectivity index (χ2n) is 6.60. The number of anilines is 1. The van der Waals surface area contributed by atoms with E-state index >= 15 is 0 Å². The van der Waals surface area contributed by atoms with Crippen LogP contribution >= 0.6 is 11.6 Å². The summed E-state index contributed by atoms with van der Waals surface area (Å²) in [6.07, 6.45) is 10.1. The summed E-state index contributed by atoms with van der Waals surface area (Å²) in [5.41, 5.74) is 2.66. The Bertz CT molecular complexity index is 904. The number of fused-ring (bicyclic) bond motifs is 1. The quantitative estimate of drug-likeness (QED) is 0.556. The van der Waals surface area contributed by atoms with Crippen molar-refractivity contribution in [3.05, 3.63) is 47.7 Å². The van der Waals surface area contributed by atoms with Crippen molar-refractivity contribution in [2.75, 3.05) is 5.32 Å². The topological polar surface area (TPSA) is 79.5 Å². The molecule has 0 atom stereocenters. The Labute approximate surface area is 179 Å². The molecule has 1 saturated carbocycles. The Balaban J connectivity index is 0.000000515. The van der Waals surface area contributed by atoms with Gasteiger partial charge < -0.3 is 10.4 Å². The Hall–Kier alpha value is -2.08. The number of pyridine rings is 2. The Kier molecular flexibility index (Phi) is 8.30. The van der Waals surface area contributed by atoms with Crippen LogP contribution in [0.25, 0.3) is 17.0 Å². The van der Waals surface area contributed by atoms with Gasteiger partial charge in [-0.25, -0.2) is 4.98 Å². The standard InChI is InChI=1S/C18H19ClN4.C2H4O2.Cu/c19-13-9-10-15(20-12-13)17-18(21-14-6-2-1-3-7-14)23-11-5-4-8-16(23)22-17;1-2(3)4;/h4-5,8-12,14,21H,1-3,6-7H2;1H3,(H,3,4);. The van der Waals surface area contributed by atoms with E-state index in [1.807, 2.05) is 36.5 Å². The molecule has 3 aromatic rings. The average Bonchev–Trinajstić information content (AvgIpc) is 3.01.